The zero-order valence-electron chi connectivity index (χ0n) is 13.8. The fourth-order valence-corrected chi connectivity index (χ4v) is 3.20. The van der Waals surface area contributed by atoms with E-state index in [9.17, 15) is 0 Å². The van der Waals surface area contributed by atoms with Crippen LogP contribution in [0.4, 0.5) is 0 Å². The molecule has 0 aromatic rings. The molecule has 0 radical (unpaired) electrons. The van der Waals surface area contributed by atoms with Crippen LogP contribution in [0.2, 0.25) is 0 Å². The van der Waals surface area contributed by atoms with Crippen LogP contribution in [0.1, 0.15) is 66.2 Å². The van der Waals surface area contributed by atoms with E-state index in [0.29, 0.717) is 5.41 Å². The second kappa shape index (κ2) is 8.97. The molecule has 1 aliphatic rings. The van der Waals surface area contributed by atoms with Gasteiger partial charge in [-0.1, -0.05) is 34.1 Å². The highest BCUT2D eigenvalue weighted by Gasteiger charge is 2.34. The average Bonchev–Trinajstić information content (AvgIpc) is 2.81. The number of likely N-dealkylation sites (tertiary alicyclic amines) is 1. The summed E-state index contributed by atoms with van der Waals surface area (Å²) in [5.74, 6) is 0.779. The summed E-state index contributed by atoms with van der Waals surface area (Å²) < 4.78 is 0. The maximum Gasteiger partial charge on any atom is 0.00382 e. The van der Waals surface area contributed by atoms with Crippen molar-refractivity contribution in [1.29, 1.82) is 0 Å². The molecule has 0 bridgehead atoms. The SMILES string of the molecule is CCC1(CC)CCN(CCCCCNCC(C)C)C1. The number of hydrogen-bond acceptors (Lipinski definition) is 2. The number of hydrogen-bond donors (Lipinski definition) is 1. The molecule has 0 aromatic heterocycles. The van der Waals surface area contributed by atoms with Gasteiger partial charge >= 0.3 is 0 Å². The van der Waals surface area contributed by atoms with Gasteiger partial charge in [0.15, 0.2) is 0 Å². The van der Waals surface area contributed by atoms with E-state index in [1.165, 1.54) is 71.2 Å². The lowest BCUT2D eigenvalue weighted by Crippen LogP contribution is -2.27. The summed E-state index contributed by atoms with van der Waals surface area (Å²) in [7, 11) is 0. The Bertz CT molecular complexity index is 221. The van der Waals surface area contributed by atoms with Gasteiger partial charge in [-0.3, -0.25) is 0 Å². The largest absolute Gasteiger partial charge is 0.316 e. The van der Waals surface area contributed by atoms with E-state index in [1.807, 2.05) is 0 Å². The number of rotatable bonds is 10. The van der Waals surface area contributed by atoms with Crippen molar-refractivity contribution >= 4 is 0 Å². The summed E-state index contributed by atoms with van der Waals surface area (Å²) in [5.41, 5.74) is 0.652. The predicted octanol–water partition coefficient (Wildman–Crippen LogP) is 3.91. The van der Waals surface area contributed by atoms with Crippen molar-refractivity contribution in [2.24, 2.45) is 11.3 Å². The number of unbranched alkanes of at least 4 members (excludes halogenated alkanes) is 2. The molecule has 1 rings (SSSR count). The lowest BCUT2D eigenvalue weighted by molar-refractivity contribution is 0.237. The molecule has 1 saturated heterocycles. The Morgan fingerprint density at radius 3 is 2.42 bits per heavy atom. The van der Waals surface area contributed by atoms with Crippen molar-refractivity contribution in [2.45, 2.75) is 66.2 Å². The van der Waals surface area contributed by atoms with Gasteiger partial charge in [-0.15, -0.1) is 0 Å². The quantitative estimate of drug-likeness (QED) is 0.604. The van der Waals surface area contributed by atoms with E-state index in [0.717, 1.165) is 5.92 Å². The van der Waals surface area contributed by atoms with Crippen molar-refractivity contribution in [3.05, 3.63) is 0 Å². The minimum atomic E-state index is 0.652. The second-order valence-electron chi connectivity index (χ2n) is 6.89. The van der Waals surface area contributed by atoms with E-state index < -0.39 is 0 Å². The summed E-state index contributed by atoms with van der Waals surface area (Å²) in [4.78, 5) is 2.70. The van der Waals surface area contributed by atoms with Crippen LogP contribution in [-0.2, 0) is 0 Å². The summed E-state index contributed by atoms with van der Waals surface area (Å²) in [6.07, 6.45) is 8.25. The molecular formula is C17H36N2. The van der Waals surface area contributed by atoms with E-state index in [1.54, 1.807) is 0 Å². The Morgan fingerprint density at radius 2 is 1.84 bits per heavy atom. The average molecular weight is 268 g/mol. The number of nitrogens with zero attached hydrogens (tertiary/aromatic N) is 1. The molecule has 0 saturated carbocycles. The fourth-order valence-electron chi connectivity index (χ4n) is 3.20. The van der Waals surface area contributed by atoms with Gasteiger partial charge in [0.05, 0.1) is 0 Å². The van der Waals surface area contributed by atoms with Crippen LogP contribution < -0.4 is 5.32 Å². The third-order valence-corrected chi connectivity index (χ3v) is 4.90. The van der Waals surface area contributed by atoms with E-state index in [2.05, 4.69) is 37.9 Å². The van der Waals surface area contributed by atoms with E-state index in [-0.39, 0.29) is 0 Å². The van der Waals surface area contributed by atoms with Crippen molar-refractivity contribution in [2.75, 3.05) is 32.7 Å². The zero-order valence-corrected chi connectivity index (χ0v) is 13.8. The Kier molecular flexibility index (Phi) is 8.01. The highest BCUT2D eigenvalue weighted by Crippen LogP contribution is 2.36. The number of nitrogens with one attached hydrogen (secondary N) is 1. The maximum absolute atomic E-state index is 3.53. The van der Waals surface area contributed by atoms with Crippen molar-refractivity contribution in [3.63, 3.8) is 0 Å². The fraction of sp³-hybridized carbons (Fsp3) is 1.00. The summed E-state index contributed by atoms with van der Waals surface area (Å²) >= 11 is 0. The molecular weight excluding hydrogens is 232 g/mol. The lowest BCUT2D eigenvalue weighted by atomic mass is 9.82. The summed E-state index contributed by atoms with van der Waals surface area (Å²) in [6.45, 7) is 15.7. The first-order valence-corrected chi connectivity index (χ1v) is 8.55. The van der Waals surface area contributed by atoms with Crippen LogP contribution in [0.5, 0.6) is 0 Å². The lowest BCUT2D eigenvalue weighted by Gasteiger charge is -2.26. The van der Waals surface area contributed by atoms with Crippen molar-refractivity contribution in [1.82, 2.24) is 10.2 Å². The smallest absolute Gasteiger partial charge is 0.00382 e. The van der Waals surface area contributed by atoms with Gasteiger partial charge in [0.1, 0.15) is 0 Å². The monoisotopic (exact) mass is 268 g/mol. The maximum atomic E-state index is 3.53. The van der Waals surface area contributed by atoms with Gasteiger partial charge in [0.25, 0.3) is 0 Å². The standard InChI is InChI=1S/C17H36N2/c1-5-17(6-2)10-13-19(15-17)12-9-7-8-11-18-14-16(3)4/h16,18H,5-15H2,1-4H3. The molecule has 0 atom stereocenters. The molecule has 0 unspecified atom stereocenters. The molecule has 2 nitrogen and oxygen atoms in total. The van der Waals surface area contributed by atoms with Gasteiger partial charge in [-0.05, 0) is 69.6 Å². The molecule has 1 fully saturated rings. The minimum absolute atomic E-state index is 0.652. The van der Waals surface area contributed by atoms with Crippen LogP contribution in [0.15, 0.2) is 0 Å². The van der Waals surface area contributed by atoms with Crippen LogP contribution >= 0.6 is 0 Å². The molecule has 0 spiro atoms. The van der Waals surface area contributed by atoms with E-state index in [4.69, 9.17) is 0 Å². The summed E-state index contributed by atoms with van der Waals surface area (Å²) in [6, 6.07) is 0. The first-order chi connectivity index (χ1) is 9.12. The molecule has 114 valence electrons. The minimum Gasteiger partial charge on any atom is -0.316 e. The Hall–Kier alpha value is -0.0800. The van der Waals surface area contributed by atoms with Gasteiger partial charge < -0.3 is 10.2 Å². The molecule has 1 aliphatic heterocycles. The van der Waals surface area contributed by atoms with Crippen LogP contribution in [-0.4, -0.2) is 37.6 Å². The van der Waals surface area contributed by atoms with Crippen LogP contribution in [0.25, 0.3) is 0 Å². The van der Waals surface area contributed by atoms with Gasteiger partial charge in [0, 0.05) is 6.54 Å². The molecule has 0 aromatic carbocycles. The Morgan fingerprint density at radius 1 is 1.11 bits per heavy atom. The summed E-state index contributed by atoms with van der Waals surface area (Å²) in [5, 5.41) is 3.53. The predicted molar refractivity (Wildman–Crippen MR) is 85.6 cm³/mol. The zero-order chi connectivity index (χ0) is 14.1. The Balaban J connectivity index is 1.99. The van der Waals surface area contributed by atoms with Crippen LogP contribution in [0, 0.1) is 11.3 Å². The highest BCUT2D eigenvalue weighted by molar-refractivity contribution is 4.87. The molecule has 0 aliphatic carbocycles. The van der Waals surface area contributed by atoms with Crippen molar-refractivity contribution < 1.29 is 0 Å². The molecule has 1 heterocycles. The normalized spacial score (nSPS) is 19.4. The third kappa shape index (κ3) is 6.27. The molecule has 19 heavy (non-hydrogen) atoms. The van der Waals surface area contributed by atoms with Gasteiger partial charge in [-0.2, -0.15) is 0 Å². The third-order valence-electron chi connectivity index (χ3n) is 4.90. The second-order valence-corrected chi connectivity index (χ2v) is 6.89. The highest BCUT2D eigenvalue weighted by atomic mass is 15.2. The first-order valence-electron chi connectivity index (χ1n) is 8.55. The molecule has 0 amide bonds. The van der Waals surface area contributed by atoms with Gasteiger partial charge in [0.2, 0.25) is 0 Å². The Labute approximate surface area is 121 Å². The molecule has 2 heteroatoms. The van der Waals surface area contributed by atoms with Crippen LogP contribution in [0.3, 0.4) is 0 Å². The molecule has 1 N–H and O–H groups in total. The van der Waals surface area contributed by atoms with Gasteiger partial charge in [-0.25, -0.2) is 0 Å². The van der Waals surface area contributed by atoms with Crippen molar-refractivity contribution in [3.8, 4) is 0 Å². The first kappa shape index (κ1) is 17.0. The topological polar surface area (TPSA) is 15.3 Å². The van der Waals surface area contributed by atoms with E-state index >= 15 is 0 Å².